The molecule has 3 heteroatoms. The first-order valence-corrected chi connectivity index (χ1v) is 6.18. The molecule has 1 aliphatic rings. The maximum absolute atomic E-state index is 5.62. The van der Waals surface area contributed by atoms with Gasteiger partial charge in [-0.25, -0.2) is 4.98 Å². The van der Waals surface area contributed by atoms with Crippen molar-refractivity contribution in [2.75, 3.05) is 18.5 Å². The van der Waals surface area contributed by atoms with Gasteiger partial charge in [-0.3, -0.25) is 0 Å². The largest absolute Gasteiger partial charge is 0.488 e. The number of hydrogen-bond donors (Lipinski definition) is 1. The van der Waals surface area contributed by atoms with Crippen LogP contribution < -0.4 is 10.1 Å². The SMILES string of the molecule is Cc1cc(C)cc(-c2cnc3c(c2)OCCN3)c1. The van der Waals surface area contributed by atoms with Gasteiger partial charge in [-0.05, 0) is 25.5 Å². The molecule has 0 saturated carbocycles. The van der Waals surface area contributed by atoms with E-state index in [2.05, 4.69) is 48.4 Å². The molecule has 0 fully saturated rings. The van der Waals surface area contributed by atoms with Crippen molar-refractivity contribution in [3.8, 4) is 16.9 Å². The van der Waals surface area contributed by atoms with E-state index in [-0.39, 0.29) is 0 Å². The number of hydrogen-bond acceptors (Lipinski definition) is 3. The highest BCUT2D eigenvalue weighted by Crippen LogP contribution is 2.30. The molecule has 18 heavy (non-hydrogen) atoms. The molecule has 1 aliphatic heterocycles. The lowest BCUT2D eigenvalue weighted by Crippen LogP contribution is -2.18. The highest BCUT2D eigenvalue weighted by molar-refractivity contribution is 5.69. The summed E-state index contributed by atoms with van der Waals surface area (Å²) in [4.78, 5) is 4.42. The lowest BCUT2D eigenvalue weighted by atomic mass is 10.0. The van der Waals surface area contributed by atoms with Gasteiger partial charge in [0, 0.05) is 11.8 Å². The number of anilines is 1. The molecule has 2 aromatic rings. The molecular weight excluding hydrogens is 224 g/mol. The molecule has 3 rings (SSSR count). The molecule has 1 aromatic heterocycles. The van der Waals surface area contributed by atoms with Gasteiger partial charge in [0.25, 0.3) is 0 Å². The molecule has 0 amide bonds. The molecule has 0 saturated heterocycles. The highest BCUT2D eigenvalue weighted by atomic mass is 16.5. The molecule has 1 aromatic carbocycles. The zero-order valence-electron chi connectivity index (χ0n) is 10.7. The minimum Gasteiger partial charge on any atom is -0.488 e. The number of rotatable bonds is 1. The Hall–Kier alpha value is -2.03. The number of pyridine rings is 1. The van der Waals surface area contributed by atoms with Crippen LogP contribution >= 0.6 is 0 Å². The van der Waals surface area contributed by atoms with E-state index in [1.807, 2.05) is 6.20 Å². The van der Waals surface area contributed by atoms with Crippen LogP contribution in [0.3, 0.4) is 0 Å². The van der Waals surface area contributed by atoms with Crippen LogP contribution in [-0.4, -0.2) is 18.1 Å². The summed E-state index contributed by atoms with van der Waals surface area (Å²) >= 11 is 0. The van der Waals surface area contributed by atoms with Crippen molar-refractivity contribution in [2.24, 2.45) is 0 Å². The second kappa shape index (κ2) is 4.33. The summed E-state index contributed by atoms with van der Waals surface area (Å²) in [6.07, 6.45) is 1.90. The van der Waals surface area contributed by atoms with E-state index < -0.39 is 0 Å². The number of nitrogens with zero attached hydrogens (tertiary/aromatic N) is 1. The molecule has 1 N–H and O–H groups in total. The Bertz CT molecular complexity index is 573. The summed E-state index contributed by atoms with van der Waals surface area (Å²) in [5.74, 6) is 1.69. The van der Waals surface area contributed by atoms with Gasteiger partial charge in [0.15, 0.2) is 11.6 Å². The Balaban J connectivity index is 2.06. The minimum absolute atomic E-state index is 0.699. The maximum atomic E-state index is 5.62. The summed E-state index contributed by atoms with van der Waals surface area (Å²) < 4.78 is 5.62. The van der Waals surface area contributed by atoms with E-state index in [4.69, 9.17) is 4.74 Å². The van der Waals surface area contributed by atoms with Crippen molar-refractivity contribution >= 4 is 5.82 Å². The van der Waals surface area contributed by atoms with Crippen LogP contribution in [0, 0.1) is 13.8 Å². The second-order valence-corrected chi connectivity index (χ2v) is 4.72. The third-order valence-electron chi connectivity index (χ3n) is 3.06. The monoisotopic (exact) mass is 240 g/mol. The van der Waals surface area contributed by atoms with E-state index in [1.54, 1.807) is 0 Å². The van der Waals surface area contributed by atoms with Gasteiger partial charge in [-0.2, -0.15) is 0 Å². The predicted octanol–water partition coefficient (Wildman–Crippen LogP) is 3.17. The summed E-state index contributed by atoms with van der Waals surface area (Å²) in [6, 6.07) is 8.58. The predicted molar refractivity (Wildman–Crippen MR) is 73.1 cm³/mol. The van der Waals surface area contributed by atoms with E-state index in [0.29, 0.717) is 6.61 Å². The summed E-state index contributed by atoms with van der Waals surface area (Å²) in [5.41, 5.74) is 4.82. The fraction of sp³-hybridized carbons (Fsp3) is 0.267. The third kappa shape index (κ3) is 2.04. The van der Waals surface area contributed by atoms with Crippen LogP contribution in [0.1, 0.15) is 11.1 Å². The molecule has 0 radical (unpaired) electrons. The van der Waals surface area contributed by atoms with Gasteiger partial charge < -0.3 is 10.1 Å². The van der Waals surface area contributed by atoms with Crippen molar-refractivity contribution in [3.63, 3.8) is 0 Å². The van der Waals surface area contributed by atoms with Crippen LogP contribution in [0.5, 0.6) is 5.75 Å². The first-order valence-electron chi connectivity index (χ1n) is 6.18. The van der Waals surface area contributed by atoms with Crippen molar-refractivity contribution < 1.29 is 4.74 Å². The lowest BCUT2D eigenvalue weighted by Gasteiger charge is -2.18. The standard InChI is InChI=1S/C15H16N2O/c1-10-5-11(2)7-12(6-10)13-8-14-15(17-9-13)16-3-4-18-14/h5-9H,3-4H2,1-2H3,(H,16,17). The van der Waals surface area contributed by atoms with Crippen LogP contribution in [0.2, 0.25) is 0 Å². The molecule has 92 valence electrons. The average molecular weight is 240 g/mol. The Kier molecular flexibility index (Phi) is 2.67. The van der Waals surface area contributed by atoms with Crippen molar-refractivity contribution in [1.82, 2.24) is 4.98 Å². The van der Waals surface area contributed by atoms with E-state index in [9.17, 15) is 0 Å². The smallest absolute Gasteiger partial charge is 0.168 e. The van der Waals surface area contributed by atoms with Crippen LogP contribution in [0.15, 0.2) is 30.5 Å². The van der Waals surface area contributed by atoms with Crippen LogP contribution in [0.25, 0.3) is 11.1 Å². The lowest BCUT2D eigenvalue weighted by molar-refractivity contribution is 0.321. The van der Waals surface area contributed by atoms with Gasteiger partial charge in [-0.15, -0.1) is 0 Å². The average Bonchev–Trinajstić information content (AvgIpc) is 2.37. The summed E-state index contributed by atoms with van der Waals surface area (Å²) in [5, 5.41) is 3.23. The zero-order valence-corrected chi connectivity index (χ0v) is 10.7. The fourth-order valence-corrected chi connectivity index (χ4v) is 2.32. The number of nitrogens with one attached hydrogen (secondary N) is 1. The number of benzene rings is 1. The summed E-state index contributed by atoms with van der Waals surface area (Å²) in [7, 11) is 0. The Labute approximate surface area is 107 Å². The maximum Gasteiger partial charge on any atom is 0.168 e. The molecule has 3 nitrogen and oxygen atoms in total. The first-order chi connectivity index (χ1) is 8.72. The van der Waals surface area contributed by atoms with Crippen molar-refractivity contribution in [3.05, 3.63) is 41.6 Å². The first kappa shape index (κ1) is 11.1. The normalized spacial score (nSPS) is 13.4. The molecule has 0 unspecified atom stereocenters. The number of fused-ring (bicyclic) bond motifs is 1. The zero-order chi connectivity index (χ0) is 12.5. The number of ether oxygens (including phenoxy) is 1. The van der Waals surface area contributed by atoms with Gasteiger partial charge in [-0.1, -0.05) is 29.3 Å². The van der Waals surface area contributed by atoms with E-state index in [0.717, 1.165) is 23.7 Å². The number of aromatic nitrogens is 1. The Morgan fingerprint density at radius 2 is 1.83 bits per heavy atom. The van der Waals surface area contributed by atoms with E-state index >= 15 is 0 Å². The number of aryl methyl sites for hydroxylation is 2. The quantitative estimate of drug-likeness (QED) is 0.831. The Morgan fingerprint density at radius 3 is 2.61 bits per heavy atom. The van der Waals surface area contributed by atoms with Gasteiger partial charge in [0.05, 0.1) is 6.54 Å². The highest BCUT2D eigenvalue weighted by Gasteiger charge is 2.12. The molecular formula is C15H16N2O. The van der Waals surface area contributed by atoms with Gasteiger partial charge in [0.2, 0.25) is 0 Å². The van der Waals surface area contributed by atoms with Crippen LogP contribution in [-0.2, 0) is 0 Å². The van der Waals surface area contributed by atoms with Crippen LogP contribution in [0.4, 0.5) is 5.82 Å². The fourth-order valence-electron chi connectivity index (χ4n) is 2.32. The topological polar surface area (TPSA) is 34.1 Å². The molecule has 0 spiro atoms. The molecule has 0 aliphatic carbocycles. The minimum atomic E-state index is 0.699. The molecule has 2 heterocycles. The van der Waals surface area contributed by atoms with Crippen molar-refractivity contribution in [2.45, 2.75) is 13.8 Å². The van der Waals surface area contributed by atoms with Gasteiger partial charge in [0.1, 0.15) is 6.61 Å². The van der Waals surface area contributed by atoms with Crippen molar-refractivity contribution in [1.29, 1.82) is 0 Å². The van der Waals surface area contributed by atoms with Gasteiger partial charge >= 0.3 is 0 Å². The third-order valence-corrected chi connectivity index (χ3v) is 3.06. The second-order valence-electron chi connectivity index (χ2n) is 4.72. The molecule has 0 bridgehead atoms. The Morgan fingerprint density at radius 1 is 1.06 bits per heavy atom. The van der Waals surface area contributed by atoms with E-state index in [1.165, 1.54) is 16.7 Å². The molecule has 0 atom stereocenters. The summed E-state index contributed by atoms with van der Waals surface area (Å²) in [6.45, 7) is 5.74.